The van der Waals surface area contributed by atoms with Crippen molar-refractivity contribution in [2.24, 2.45) is 0 Å². The van der Waals surface area contributed by atoms with Crippen molar-refractivity contribution in [1.82, 2.24) is 5.23 Å². The average molecular weight is 53.9 g/mol. The third-order valence-electron chi connectivity index (χ3n) is 0.577. The predicted molar refractivity (Wildman–Crippen MR) is 18.6 cm³/mol. The lowest BCUT2D eigenvalue weighted by Gasteiger charge is -2.07. The van der Waals surface area contributed by atoms with Crippen LogP contribution in [-0.4, -0.2) is 14.0 Å². The van der Waals surface area contributed by atoms with E-state index in [0.29, 0.717) is 0 Å². The van der Waals surface area contributed by atoms with E-state index in [-0.39, 0.29) is 0 Å². The molecule has 0 unspecified atom stereocenters. The van der Waals surface area contributed by atoms with Crippen LogP contribution in [0.25, 0.3) is 0 Å². The first-order valence-corrected chi connectivity index (χ1v) is 1.55. The highest BCUT2D eigenvalue weighted by atomic mass is 14.8. The minimum Gasteiger partial charge on any atom is -0.361 e. The zero-order chi connectivity index (χ0) is 2.83. The van der Waals surface area contributed by atoms with E-state index in [1.54, 1.807) is 0 Å². The minimum atomic E-state index is 1.19. The molecule has 0 saturated carbocycles. The van der Waals surface area contributed by atoms with Gasteiger partial charge in [0.25, 0.3) is 0 Å². The molecule has 1 nitrogen and oxygen atoms in total. The van der Waals surface area contributed by atoms with Crippen molar-refractivity contribution < 1.29 is 0 Å². The Hall–Kier alpha value is 0.0249. The van der Waals surface area contributed by atoms with E-state index in [2.05, 4.69) is 12.6 Å². The minimum absolute atomic E-state index is 1.19. The highest BCUT2D eigenvalue weighted by Gasteiger charge is 1.96. The Morgan fingerprint density at radius 1 is 1.75 bits per heavy atom. The number of rotatable bonds is 0. The van der Waals surface area contributed by atoms with Crippen LogP contribution in [0.1, 0.15) is 0 Å². The van der Waals surface area contributed by atoms with Gasteiger partial charge in [0.1, 0.15) is 0 Å². The quantitative estimate of drug-likeness (QED) is 0.372. The molecule has 1 saturated heterocycles. The fourth-order valence-corrected chi connectivity index (χ4v) is 0.144. The molecule has 0 atom stereocenters. The van der Waals surface area contributed by atoms with Gasteiger partial charge in [-0.05, 0) is 6.54 Å². The predicted octanol–water partition coefficient (Wildman–Crippen LogP) is -0.373. The third-order valence-corrected chi connectivity index (χ3v) is 0.577. The van der Waals surface area contributed by atoms with Crippen molar-refractivity contribution in [3.05, 3.63) is 0 Å². The van der Waals surface area contributed by atoms with Gasteiger partial charge in [-0.25, -0.2) is 0 Å². The molecule has 0 aromatic heterocycles. The summed E-state index contributed by atoms with van der Waals surface area (Å²) in [5.41, 5.74) is 0. The topological polar surface area (TPSA) is 12.0 Å². The van der Waals surface area contributed by atoms with Gasteiger partial charge in [0, 0.05) is 0 Å². The van der Waals surface area contributed by atoms with Crippen LogP contribution < -0.4 is 5.23 Å². The van der Waals surface area contributed by atoms with Gasteiger partial charge in [-0.15, -0.1) is 0 Å². The second kappa shape index (κ2) is 0.766. The normalized spacial score (nSPS) is 22.0. The maximum absolute atomic E-state index is 2.99. The van der Waals surface area contributed by atoms with Gasteiger partial charge in [0.05, 0.1) is 0 Å². The molecule has 0 bridgehead atoms. The summed E-state index contributed by atoms with van der Waals surface area (Å²) < 4.78 is 0. The molecule has 0 aromatic carbocycles. The molecule has 1 rings (SSSR count). The highest BCUT2D eigenvalue weighted by Crippen LogP contribution is 1.79. The van der Waals surface area contributed by atoms with E-state index >= 15 is 0 Å². The van der Waals surface area contributed by atoms with Gasteiger partial charge >= 0.3 is 0 Å². The molecule has 2 heteroatoms. The van der Waals surface area contributed by atoms with E-state index in [1.807, 2.05) is 0 Å². The first kappa shape index (κ1) is 2.27. The lowest BCUT2D eigenvalue weighted by atomic mass is 9.81. The Labute approximate surface area is 26.7 Å². The largest absolute Gasteiger partial charge is 0.361 e. The number of hydrogen-bond acceptors (Lipinski definition) is 1. The van der Waals surface area contributed by atoms with Crippen LogP contribution in [0.3, 0.4) is 0 Å². The summed E-state index contributed by atoms with van der Waals surface area (Å²) in [5.74, 6) is 0. The molecule has 0 amide bonds. The summed E-state index contributed by atoms with van der Waals surface area (Å²) in [6.07, 6.45) is 1.26. The van der Waals surface area contributed by atoms with Crippen LogP contribution in [-0.2, 0) is 0 Å². The standard InChI is InChI=1S/C2H5BN/c1-2-4-3-1/h4H,1-2H2. The maximum Gasteiger partial charge on any atom is 0.206 e. The fraction of sp³-hybridized carbons (Fsp3) is 1.00. The molecule has 0 spiro atoms. The van der Waals surface area contributed by atoms with Gasteiger partial charge in [-0.2, -0.15) is 0 Å². The Bertz CT molecular complexity index is 14.0. The van der Waals surface area contributed by atoms with Gasteiger partial charge in [-0.3, -0.25) is 0 Å². The summed E-state index contributed by atoms with van der Waals surface area (Å²) in [4.78, 5) is 0. The number of hydrogen-bond donors (Lipinski definition) is 1. The van der Waals surface area contributed by atoms with E-state index in [0.717, 1.165) is 0 Å². The molecular weight excluding hydrogens is 48.8 g/mol. The van der Waals surface area contributed by atoms with E-state index in [4.69, 9.17) is 0 Å². The van der Waals surface area contributed by atoms with Crippen molar-refractivity contribution >= 4 is 7.41 Å². The molecule has 4 heavy (non-hydrogen) atoms. The monoisotopic (exact) mass is 54.1 g/mol. The molecule has 1 aliphatic heterocycles. The average Bonchev–Trinajstić information content (AvgIpc) is 0.722. The van der Waals surface area contributed by atoms with Crippen molar-refractivity contribution in [3.63, 3.8) is 0 Å². The number of nitrogens with one attached hydrogen (secondary N) is 1. The van der Waals surface area contributed by atoms with E-state index in [1.165, 1.54) is 12.9 Å². The van der Waals surface area contributed by atoms with E-state index in [9.17, 15) is 0 Å². The van der Waals surface area contributed by atoms with Crippen molar-refractivity contribution in [2.45, 2.75) is 6.32 Å². The molecule has 1 N–H and O–H groups in total. The SMILES string of the molecule is [B]1CCN1. The second-order valence-corrected chi connectivity index (χ2v) is 0.947. The summed E-state index contributed by atoms with van der Waals surface area (Å²) in [5, 5.41) is 2.99. The molecule has 0 aliphatic carbocycles. The second-order valence-electron chi connectivity index (χ2n) is 0.947. The molecule has 1 fully saturated rings. The Morgan fingerprint density at radius 2 is 2.00 bits per heavy atom. The van der Waals surface area contributed by atoms with Gasteiger partial charge in [-0.1, -0.05) is 6.32 Å². The lowest BCUT2D eigenvalue weighted by Crippen LogP contribution is -2.32. The molecule has 1 heterocycles. The summed E-state index contributed by atoms with van der Waals surface area (Å²) in [7, 11) is 2.06. The highest BCUT2D eigenvalue weighted by molar-refractivity contribution is 6.35. The Balaban J connectivity index is 2.00. The fourth-order valence-electron chi connectivity index (χ4n) is 0.144. The van der Waals surface area contributed by atoms with Crippen LogP contribution in [0, 0.1) is 0 Å². The lowest BCUT2D eigenvalue weighted by molar-refractivity contribution is 0.899. The van der Waals surface area contributed by atoms with Gasteiger partial charge < -0.3 is 5.23 Å². The first-order valence-electron chi connectivity index (χ1n) is 1.55. The van der Waals surface area contributed by atoms with Crippen molar-refractivity contribution in [1.29, 1.82) is 0 Å². The van der Waals surface area contributed by atoms with E-state index < -0.39 is 0 Å². The van der Waals surface area contributed by atoms with Crippen LogP contribution in [0.4, 0.5) is 0 Å². The van der Waals surface area contributed by atoms with Crippen LogP contribution in [0.5, 0.6) is 0 Å². The van der Waals surface area contributed by atoms with Gasteiger partial charge in [0.2, 0.25) is 7.41 Å². The molecule has 0 aromatic rings. The third kappa shape index (κ3) is 0.131. The van der Waals surface area contributed by atoms with Crippen LogP contribution in [0.2, 0.25) is 6.32 Å². The summed E-state index contributed by atoms with van der Waals surface area (Å²) >= 11 is 0. The Kier molecular flexibility index (Phi) is 0.435. The van der Waals surface area contributed by atoms with Gasteiger partial charge in [0.15, 0.2) is 0 Å². The zero-order valence-corrected chi connectivity index (χ0v) is 2.49. The zero-order valence-electron chi connectivity index (χ0n) is 2.49. The smallest absolute Gasteiger partial charge is 0.206 e. The maximum atomic E-state index is 2.99. The van der Waals surface area contributed by atoms with Crippen LogP contribution >= 0.6 is 0 Å². The Morgan fingerprint density at radius 3 is 2.00 bits per heavy atom. The first-order chi connectivity index (χ1) is 2.00. The van der Waals surface area contributed by atoms with Crippen molar-refractivity contribution in [3.8, 4) is 0 Å². The summed E-state index contributed by atoms with van der Waals surface area (Å²) in [6.45, 7) is 1.19. The molecular formula is C2H5BN. The summed E-state index contributed by atoms with van der Waals surface area (Å²) in [6, 6.07) is 0. The molecule has 1 aliphatic rings. The van der Waals surface area contributed by atoms with Crippen molar-refractivity contribution in [2.75, 3.05) is 6.54 Å². The molecule has 1 radical (unpaired) electrons. The molecule has 21 valence electrons. The van der Waals surface area contributed by atoms with Crippen LogP contribution in [0.15, 0.2) is 0 Å².